The zero-order valence-electron chi connectivity index (χ0n) is 10.6. The molecule has 0 bridgehead atoms. The second-order valence-corrected chi connectivity index (χ2v) is 4.62. The zero-order valence-corrected chi connectivity index (χ0v) is 10.6. The molecule has 4 aromatic rings. The van der Waals surface area contributed by atoms with E-state index >= 15 is 0 Å². The molecular formula is C15H11N5. The van der Waals surface area contributed by atoms with Crippen LogP contribution in [0.5, 0.6) is 0 Å². The second kappa shape index (κ2) is 4.38. The molecule has 0 N–H and O–H groups in total. The van der Waals surface area contributed by atoms with Crippen molar-refractivity contribution >= 4 is 16.6 Å². The number of nitrogens with zero attached hydrogens (tertiary/aromatic N) is 5. The summed E-state index contributed by atoms with van der Waals surface area (Å²) in [6.45, 7) is 0. The van der Waals surface area contributed by atoms with E-state index in [1.165, 1.54) is 5.56 Å². The highest BCUT2D eigenvalue weighted by molar-refractivity contribution is 5.78. The van der Waals surface area contributed by atoms with E-state index in [2.05, 4.69) is 38.5 Å². The number of pyridine rings is 1. The quantitative estimate of drug-likeness (QED) is 0.555. The number of hydrogen-bond donors (Lipinski definition) is 0. The maximum absolute atomic E-state index is 4.32. The van der Waals surface area contributed by atoms with Gasteiger partial charge < -0.3 is 0 Å². The second-order valence-electron chi connectivity index (χ2n) is 4.62. The van der Waals surface area contributed by atoms with E-state index in [-0.39, 0.29) is 0 Å². The van der Waals surface area contributed by atoms with Crippen molar-refractivity contribution in [2.45, 2.75) is 6.42 Å². The van der Waals surface area contributed by atoms with Gasteiger partial charge in [0.05, 0.1) is 5.52 Å². The van der Waals surface area contributed by atoms with Gasteiger partial charge in [0, 0.05) is 24.2 Å². The van der Waals surface area contributed by atoms with E-state index in [1.807, 2.05) is 24.3 Å². The van der Waals surface area contributed by atoms with Crippen molar-refractivity contribution in [2.75, 3.05) is 0 Å². The van der Waals surface area contributed by atoms with Crippen LogP contribution in [0.4, 0.5) is 0 Å². The van der Waals surface area contributed by atoms with Crippen LogP contribution >= 0.6 is 0 Å². The monoisotopic (exact) mass is 261 g/mol. The van der Waals surface area contributed by atoms with Crippen molar-refractivity contribution in [3.8, 4) is 0 Å². The largest absolute Gasteiger partial charge is 0.256 e. The standard InChI is InChI=1S/C15H11N5/c1-3-12-9-11(5-6-13(12)16-7-1)10-15-19-18-14-4-2-8-17-20(14)15/h1-9H,10H2. The molecule has 5 nitrogen and oxygen atoms in total. The Hall–Kier alpha value is -2.82. The Morgan fingerprint density at radius 3 is 2.90 bits per heavy atom. The van der Waals surface area contributed by atoms with Crippen LogP contribution in [0.1, 0.15) is 11.4 Å². The smallest absolute Gasteiger partial charge is 0.177 e. The molecule has 0 aliphatic carbocycles. The van der Waals surface area contributed by atoms with Crippen LogP contribution in [0.25, 0.3) is 16.6 Å². The van der Waals surface area contributed by atoms with E-state index in [1.54, 1.807) is 16.9 Å². The summed E-state index contributed by atoms with van der Waals surface area (Å²) in [5.41, 5.74) is 2.94. The van der Waals surface area contributed by atoms with Gasteiger partial charge in [-0.3, -0.25) is 4.98 Å². The first-order chi connectivity index (χ1) is 9.90. The fourth-order valence-electron chi connectivity index (χ4n) is 2.32. The Morgan fingerprint density at radius 2 is 1.90 bits per heavy atom. The first-order valence-electron chi connectivity index (χ1n) is 6.39. The third kappa shape index (κ3) is 1.80. The lowest BCUT2D eigenvalue weighted by molar-refractivity contribution is 0.838. The lowest BCUT2D eigenvalue weighted by Crippen LogP contribution is -1.99. The van der Waals surface area contributed by atoms with Gasteiger partial charge in [0.25, 0.3) is 0 Å². The molecule has 0 aliphatic heterocycles. The van der Waals surface area contributed by atoms with Gasteiger partial charge in [-0.2, -0.15) is 9.61 Å². The molecule has 4 rings (SSSR count). The van der Waals surface area contributed by atoms with Crippen LogP contribution in [0.15, 0.2) is 54.9 Å². The Morgan fingerprint density at radius 1 is 0.950 bits per heavy atom. The van der Waals surface area contributed by atoms with Gasteiger partial charge in [-0.05, 0) is 35.9 Å². The molecule has 0 amide bonds. The van der Waals surface area contributed by atoms with Gasteiger partial charge in [0.1, 0.15) is 0 Å². The van der Waals surface area contributed by atoms with Crippen LogP contribution in [-0.4, -0.2) is 24.8 Å². The molecule has 0 saturated carbocycles. The molecule has 0 saturated heterocycles. The number of fused-ring (bicyclic) bond motifs is 2. The predicted octanol–water partition coefficient (Wildman–Crippen LogP) is 2.26. The van der Waals surface area contributed by atoms with Crippen LogP contribution < -0.4 is 0 Å². The summed E-state index contributed by atoms with van der Waals surface area (Å²) in [7, 11) is 0. The molecule has 0 aliphatic rings. The fourth-order valence-corrected chi connectivity index (χ4v) is 2.32. The summed E-state index contributed by atoms with van der Waals surface area (Å²) >= 11 is 0. The summed E-state index contributed by atoms with van der Waals surface area (Å²) in [6, 6.07) is 14.0. The van der Waals surface area contributed by atoms with Gasteiger partial charge in [0.15, 0.2) is 11.5 Å². The summed E-state index contributed by atoms with van der Waals surface area (Å²) < 4.78 is 1.77. The SMILES string of the molecule is c1cnc2ccc(Cc3nnc4cccnn34)cc2c1. The minimum Gasteiger partial charge on any atom is -0.256 e. The van der Waals surface area contributed by atoms with Crippen molar-refractivity contribution in [3.63, 3.8) is 0 Å². The normalized spacial score (nSPS) is 11.2. The fraction of sp³-hybridized carbons (Fsp3) is 0.0667. The Balaban J connectivity index is 1.76. The maximum Gasteiger partial charge on any atom is 0.177 e. The summed E-state index contributed by atoms with van der Waals surface area (Å²) in [6.07, 6.45) is 4.24. The molecule has 1 aromatic carbocycles. The third-order valence-corrected chi connectivity index (χ3v) is 3.27. The van der Waals surface area contributed by atoms with Crippen LogP contribution in [0.3, 0.4) is 0 Å². The number of benzene rings is 1. The average Bonchev–Trinajstić information content (AvgIpc) is 2.91. The van der Waals surface area contributed by atoms with E-state index in [9.17, 15) is 0 Å². The van der Waals surface area contributed by atoms with Crippen LogP contribution in [0.2, 0.25) is 0 Å². The third-order valence-electron chi connectivity index (χ3n) is 3.27. The van der Waals surface area contributed by atoms with Crippen molar-refractivity contribution in [3.05, 3.63) is 66.2 Å². The Bertz CT molecular complexity index is 897. The topological polar surface area (TPSA) is 56.0 Å². The highest BCUT2D eigenvalue weighted by atomic mass is 15.4. The summed E-state index contributed by atoms with van der Waals surface area (Å²) in [5, 5.41) is 13.7. The zero-order chi connectivity index (χ0) is 13.4. The lowest BCUT2D eigenvalue weighted by atomic mass is 10.1. The maximum atomic E-state index is 4.32. The Labute approximate surface area is 114 Å². The van der Waals surface area contributed by atoms with E-state index in [0.29, 0.717) is 6.42 Å². The molecule has 0 spiro atoms. The van der Waals surface area contributed by atoms with Crippen molar-refractivity contribution < 1.29 is 0 Å². The molecule has 0 unspecified atom stereocenters. The van der Waals surface area contributed by atoms with Crippen LogP contribution in [0, 0.1) is 0 Å². The van der Waals surface area contributed by atoms with E-state index < -0.39 is 0 Å². The lowest BCUT2D eigenvalue weighted by Gasteiger charge is -2.02. The van der Waals surface area contributed by atoms with Gasteiger partial charge in [-0.15, -0.1) is 10.2 Å². The molecule has 3 heterocycles. The van der Waals surface area contributed by atoms with Gasteiger partial charge in [0.2, 0.25) is 0 Å². The van der Waals surface area contributed by atoms with Gasteiger partial charge >= 0.3 is 0 Å². The highest BCUT2D eigenvalue weighted by Crippen LogP contribution is 2.15. The first kappa shape index (κ1) is 11.0. The first-order valence-corrected chi connectivity index (χ1v) is 6.39. The molecule has 20 heavy (non-hydrogen) atoms. The average molecular weight is 261 g/mol. The minimum atomic E-state index is 0.697. The predicted molar refractivity (Wildman–Crippen MR) is 75.3 cm³/mol. The molecule has 3 aromatic heterocycles. The van der Waals surface area contributed by atoms with Crippen molar-refractivity contribution in [1.29, 1.82) is 0 Å². The Kier molecular flexibility index (Phi) is 2.42. The number of rotatable bonds is 2. The van der Waals surface area contributed by atoms with Gasteiger partial charge in [-0.25, -0.2) is 0 Å². The van der Waals surface area contributed by atoms with Gasteiger partial charge in [-0.1, -0.05) is 12.1 Å². The molecule has 0 fully saturated rings. The van der Waals surface area contributed by atoms with E-state index in [0.717, 1.165) is 22.4 Å². The summed E-state index contributed by atoms with van der Waals surface area (Å²) in [5.74, 6) is 0.837. The number of hydrogen-bond acceptors (Lipinski definition) is 4. The van der Waals surface area contributed by atoms with Crippen LogP contribution in [-0.2, 0) is 6.42 Å². The number of aromatic nitrogens is 5. The van der Waals surface area contributed by atoms with Crippen molar-refractivity contribution in [2.24, 2.45) is 0 Å². The molecule has 0 atom stereocenters. The summed E-state index contributed by atoms with van der Waals surface area (Å²) in [4.78, 5) is 4.32. The molecule has 0 radical (unpaired) electrons. The molecule has 96 valence electrons. The van der Waals surface area contributed by atoms with Crippen molar-refractivity contribution in [1.82, 2.24) is 24.8 Å². The highest BCUT2D eigenvalue weighted by Gasteiger charge is 2.07. The molecular weight excluding hydrogens is 250 g/mol. The van der Waals surface area contributed by atoms with E-state index in [4.69, 9.17) is 0 Å². The molecule has 5 heteroatoms. The minimum absolute atomic E-state index is 0.697.